The number of aliphatic carboxylic acids is 1. The summed E-state index contributed by atoms with van der Waals surface area (Å²) in [5, 5.41) is 14.8. The summed E-state index contributed by atoms with van der Waals surface area (Å²) in [5.74, 6) is -1.26. The first-order valence-corrected chi connectivity index (χ1v) is 12.4. The summed E-state index contributed by atoms with van der Waals surface area (Å²) in [5.41, 5.74) is 4.59. The van der Waals surface area contributed by atoms with Crippen molar-refractivity contribution in [1.82, 2.24) is 10.6 Å². The molecule has 3 rings (SSSR count). The summed E-state index contributed by atoms with van der Waals surface area (Å²) in [6.45, 7) is 6.07. The van der Waals surface area contributed by atoms with Gasteiger partial charge in [0.25, 0.3) is 0 Å². The number of ether oxygens (including phenoxy) is 1. The topological polar surface area (TPSA) is 105 Å². The maximum Gasteiger partial charge on any atom is 0.407 e. The lowest BCUT2D eigenvalue weighted by atomic mass is 9.98. The van der Waals surface area contributed by atoms with Crippen molar-refractivity contribution in [3.8, 4) is 11.1 Å². The molecule has 0 saturated heterocycles. The van der Waals surface area contributed by atoms with E-state index >= 15 is 0 Å². The number of hydrogen-bond donors (Lipinski definition) is 3. The Balaban J connectivity index is 1.57. The van der Waals surface area contributed by atoms with Crippen LogP contribution in [0.4, 0.5) is 4.79 Å². The van der Waals surface area contributed by atoms with E-state index in [9.17, 15) is 14.4 Å². The van der Waals surface area contributed by atoms with Crippen LogP contribution in [0.25, 0.3) is 11.1 Å². The van der Waals surface area contributed by atoms with E-state index in [2.05, 4.69) is 34.9 Å². The smallest absolute Gasteiger partial charge is 0.407 e. The summed E-state index contributed by atoms with van der Waals surface area (Å²) in [7, 11) is 0. The highest BCUT2D eigenvalue weighted by Gasteiger charge is 2.30. The normalized spacial score (nSPS) is 14.1. The van der Waals surface area contributed by atoms with Gasteiger partial charge in [-0.3, -0.25) is 9.59 Å². The number of amides is 2. The lowest BCUT2D eigenvalue weighted by Crippen LogP contribution is -2.45. The van der Waals surface area contributed by atoms with Crippen molar-refractivity contribution >= 4 is 18.0 Å². The van der Waals surface area contributed by atoms with Crippen LogP contribution in [0.1, 0.15) is 69.9 Å². The number of unbranched alkanes of at least 4 members (excludes halogenated alkanes) is 1. The Morgan fingerprint density at radius 2 is 1.54 bits per heavy atom. The van der Waals surface area contributed by atoms with Crippen molar-refractivity contribution in [3.63, 3.8) is 0 Å². The zero-order chi connectivity index (χ0) is 25.4. The number of rotatable bonds is 12. The average molecular weight is 481 g/mol. The lowest BCUT2D eigenvalue weighted by molar-refractivity contribution is -0.137. The zero-order valence-electron chi connectivity index (χ0n) is 20.8. The molecule has 2 aromatic rings. The highest BCUT2D eigenvalue weighted by molar-refractivity contribution is 5.80. The zero-order valence-corrected chi connectivity index (χ0v) is 20.8. The van der Waals surface area contributed by atoms with Crippen molar-refractivity contribution in [3.05, 3.63) is 59.7 Å². The molecule has 1 aliphatic carbocycles. The van der Waals surface area contributed by atoms with Gasteiger partial charge in [-0.15, -0.1) is 0 Å². The number of carbonyl (C=O) groups is 3. The molecule has 2 aromatic carbocycles. The molecule has 35 heavy (non-hydrogen) atoms. The molecule has 7 heteroatoms. The van der Waals surface area contributed by atoms with Gasteiger partial charge < -0.3 is 20.5 Å². The Labute approximate surface area is 207 Å². The number of carboxylic acid groups (broad SMARTS) is 1. The van der Waals surface area contributed by atoms with Gasteiger partial charge >= 0.3 is 12.1 Å². The van der Waals surface area contributed by atoms with Gasteiger partial charge in [0, 0.05) is 24.4 Å². The molecule has 0 bridgehead atoms. The molecule has 0 saturated carbocycles. The minimum Gasteiger partial charge on any atom is -0.481 e. The van der Waals surface area contributed by atoms with Gasteiger partial charge in [0.05, 0.1) is 6.42 Å². The van der Waals surface area contributed by atoms with Crippen molar-refractivity contribution in [1.29, 1.82) is 0 Å². The molecule has 1 aliphatic rings. The second kappa shape index (κ2) is 12.4. The molecule has 188 valence electrons. The number of alkyl carbamates (subject to hydrolysis) is 1. The molecule has 0 fully saturated rings. The monoisotopic (exact) mass is 480 g/mol. The van der Waals surface area contributed by atoms with Gasteiger partial charge in [0.15, 0.2) is 0 Å². The maximum atomic E-state index is 12.7. The Kier molecular flexibility index (Phi) is 9.29. The van der Waals surface area contributed by atoms with E-state index in [1.807, 2.05) is 45.0 Å². The second-order valence-electron chi connectivity index (χ2n) is 9.53. The molecule has 1 unspecified atom stereocenters. The molecule has 0 aromatic heterocycles. The van der Waals surface area contributed by atoms with Crippen LogP contribution in [0.3, 0.4) is 0 Å². The summed E-state index contributed by atoms with van der Waals surface area (Å²) in [4.78, 5) is 36.5. The van der Waals surface area contributed by atoms with E-state index in [-0.39, 0.29) is 37.2 Å². The number of hydrogen-bond acceptors (Lipinski definition) is 4. The minimum absolute atomic E-state index is 0.00482. The highest BCUT2D eigenvalue weighted by Crippen LogP contribution is 2.44. The molecule has 0 heterocycles. The first-order valence-electron chi connectivity index (χ1n) is 12.4. The van der Waals surface area contributed by atoms with Crippen LogP contribution >= 0.6 is 0 Å². The number of nitrogens with one attached hydrogen (secondary N) is 2. The van der Waals surface area contributed by atoms with Gasteiger partial charge in [-0.05, 0) is 34.6 Å². The predicted octanol–water partition coefficient (Wildman–Crippen LogP) is 5.09. The van der Waals surface area contributed by atoms with E-state index in [0.717, 1.165) is 35.1 Å². The molecule has 3 N–H and O–H groups in total. The van der Waals surface area contributed by atoms with Crippen LogP contribution in [0.5, 0.6) is 0 Å². The molecule has 0 spiro atoms. The van der Waals surface area contributed by atoms with E-state index in [1.165, 1.54) is 0 Å². The number of carbonyl (C=O) groups excluding carboxylic acids is 2. The number of carboxylic acids is 1. The minimum atomic E-state index is -0.941. The van der Waals surface area contributed by atoms with Crippen LogP contribution in [-0.4, -0.2) is 41.8 Å². The highest BCUT2D eigenvalue weighted by atomic mass is 16.5. The molecular weight excluding hydrogens is 444 g/mol. The Morgan fingerprint density at radius 1 is 0.943 bits per heavy atom. The van der Waals surface area contributed by atoms with E-state index in [4.69, 9.17) is 9.84 Å². The van der Waals surface area contributed by atoms with E-state index in [1.54, 1.807) is 0 Å². The Morgan fingerprint density at radius 3 is 2.09 bits per heavy atom. The van der Waals surface area contributed by atoms with Gasteiger partial charge in [-0.25, -0.2) is 4.79 Å². The Bertz CT molecular complexity index is 990. The first-order chi connectivity index (χ1) is 16.8. The molecule has 2 amide bonds. The summed E-state index contributed by atoms with van der Waals surface area (Å²) < 4.78 is 5.63. The van der Waals surface area contributed by atoms with Crippen LogP contribution in [0, 0.1) is 5.92 Å². The van der Waals surface area contributed by atoms with Gasteiger partial charge in [0.1, 0.15) is 6.61 Å². The van der Waals surface area contributed by atoms with Crippen LogP contribution < -0.4 is 10.6 Å². The molecule has 0 aliphatic heterocycles. The SMILES string of the molecule is CCCCC(CC(=O)O)NC(=O)C[C@@H](NC(=O)OCC1c2ccccc2-c2ccccc21)C(C)C. The van der Waals surface area contributed by atoms with E-state index in [0.29, 0.717) is 6.42 Å². The lowest BCUT2D eigenvalue weighted by Gasteiger charge is -2.24. The van der Waals surface area contributed by atoms with Crippen LogP contribution in [-0.2, 0) is 14.3 Å². The standard InChI is InChI=1S/C28H36N2O5/c1-4-5-10-19(15-27(32)33)29-26(31)16-25(18(2)3)30-28(34)35-17-24-22-13-8-6-11-20(22)21-12-7-9-14-23(21)24/h6-9,11-14,18-19,24-25H,4-5,10,15-17H2,1-3H3,(H,29,31)(H,30,34)(H,32,33)/t19?,25-/m1/s1. The fourth-order valence-corrected chi connectivity index (χ4v) is 4.62. The van der Waals surface area contributed by atoms with Gasteiger partial charge in [0.2, 0.25) is 5.91 Å². The first kappa shape index (κ1) is 26.3. The van der Waals surface area contributed by atoms with Crippen molar-refractivity contribution in [2.75, 3.05) is 6.61 Å². The van der Waals surface area contributed by atoms with E-state index < -0.39 is 24.1 Å². The quantitative estimate of drug-likeness (QED) is 0.392. The third-order valence-corrected chi connectivity index (χ3v) is 6.55. The molecular formula is C28H36N2O5. The Hall–Kier alpha value is -3.35. The molecule has 2 atom stereocenters. The van der Waals surface area contributed by atoms with Crippen molar-refractivity contribution in [2.45, 2.75) is 70.9 Å². The fourth-order valence-electron chi connectivity index (χ4n) is 4.62. The summed E-state index contributed by atoms with van der Waals surface area (Å²) in [6, 6.07) is 15.4. The van der Waals surface area contributed by atoms with Crippen LogP contribution in [0.15, 0.2) is 48.5 Å². The fraction of sp³-hybridized carbons (Fsp3) is 0.464. The van der Waals surface area contributed by atoms with Crippen molar-refractivity contribution in [2.24, 2.45) is 5.92 Å². The maximum absolute atomic E-state index is 12.7. The van der Waals surface area contributed by atoms with Crippen LogP contribution in [0.2, 0.25) is 0 Å². The number of benzene rings is 2. The van der Waals surface area contributed by atoms with Gasteiger partial charge in [-0.2, -0.15) is 0 Å². The van der Waals surface area contributed by atoms with Crippen molar-refractivity contribution < 1.29 is 24.2 Å². The predicted molar refractivity (Wildman–Crippen MR) is 135 cm³/mol. The molecule has 7 nitrogen and oxygen atoms in total. The van der Waals surface area contributed by atoms with Gasteiger partial charge in [-0.1, -0.05) is 82.1 Å². The summed E-state index contributed by atoms with van der Waals surface area (Å²) >= 11 is 0. The summed E-state index contributed by atoms with van der Waals surface area (Å²) in [6.07, 6.45) is 1.75. The molecule has 0 radical (unpaired) electrons. The average Bonchev–Trinajstić information content (AvgIpc) is 3.14. The number of fused-ring (bicyclic) bond motifs is 3. The largest absolute Gasteiger partial charge is 0.481 e. The third kappa shape index (κ3) is 7.07. The third-order valence-electron chi connectivity index (χ3n) is 6.55. The second-order valence-corrected chi connectivity index (χ2v) is 9.53.